The molecule has 4 heteroatoms. The quantitative estimate of drug-likeness (QED) is 0.727. The molecule has 3 nitrogen and oxygen atoms in total. The van der Waals surface area contributed by atoms with E-state index in [1.54, 1.807) is 6.20 Å². The van der Waals surface area contributed by atoms with Gasteiger partial charge in [-0.15, -0.1) is 0 Å². The summed E-state index contributed by atoms with van der Waals surface area (Å²) in [5, 5.41) is 0.759. The molecular weight excluding hydrogens is 258 g/mol. The molecule has 0 amide bonds. The van der Waals surface area contributed by atoms with Crippen molar-refractivity contribution in [3.8, 4) is 0 Å². The van der Waals surface area contributed by atoms with Crippen molar-refractivity contribution >= 4 is 22.8 Å². The van der Waals surface area contributed by atoms with Crippen molar-refractivity contribution in [2.24, 2.45) is 0 Å². The van der Waals surface area contributed by atoms with Crippen LogP contribution in [0.15, 0.2) is 42.6 Å². The Labute approximate surface area is 116 Å². The zero-order valence-electron chi connectivity index (χ0n) is 10.7. The van der Waals surface area contributed by atoms with E-state index in [0.29, 0.717) is 0 Å². The Kier molecular flexibility index (Phi) is 3.22. The predicted molar refractivity (Wildman–Crippen MR) is 77.5 cm³/mol. The van der Waals surface area contributed by atoms with Crippen LogP contribution in [0.4, 0.5) is 0 Å². The molecule has 0 unspecified atom stereocenters. The molecule has 1 aromatic carbocycles. The molecule has 3 rings (SSSR count). The second-order valence-corrected chi connectivity index (χ2v) is 4.86. The van der Waals surface area contributed by atoms with Gasteiger partial charge in [0, 0.05) is 24.2 Å². The molecule has 0 bridgehead atoms. The Morgan fingerprint density at radius 2 is 2.11 bits per heavy atom. The molecule has 2 heterocycles. The Balaban J connectivity index is 2.05. The second kappa shape index (κ2) is 5.02. The SMILES string of the molecule is CCn1c(Cc2cccc(Cl)c2)nc2cccnc21. The Morgan fingerprint density at radius 3 is 2.89 bits per heavy atom. The lowest BCUT2D eigenvalue weighted by molar-refractivity contribution is 0.727. The van der Waals surface area contributed by atoms with E-state index in [0.717, 1.165) is 40.5 Å². The molecule has 0 aliphatic carbocycles. The van der Waals surface area contributed by atoms with Crippen LogP contribution in [0.25, 0.3) is 11.2 Å². The first-order chi connectivity index (χ1) is 9.28. The van der Waals surface area contributed by atoms with E-state index in [-0.39, 0.29) is 0 Å². The third-order valence-electron chi connectivity index (χ3n) is 3.15. The number of pyridine rings is 1. The van der Waals surface area contributed by atoms with E-state index in [9.17, 15) is 0 Å². The van der Waals surface area contributed by atoms with Gasteiger partial charge in [-0.3, -0.25) is 0 Å². The summed E-state index contributed by atoms with van der Waals surface area (Å²) >= 11 is 6.02. The van der Waals surface area contributed by atoms with Crippen molar-refractivity contribution < 1.29 is 0 Å². The number of rotatable bonds is 3. The van der Waals surface area contributed by atoms with Crippen LogP contribution >= 0.6 is 11.6 Å². The van der Waals surface area contributed by atoms with Crippen LogP contribution in [0.2, 0.25) is 5.02 Å². The standard InChI is InChI=1S/C15H14ClN3/c1-2-19-14(10-11-5-3-6-12(16)9-11)18-13-7-4-8-17-15(13)19/h3-9H,2,10H2,1H3. The first-order valence-electron chi connectivity index (χ1n) is 6.32. The molecule has 19 heavy (non-hydrogen) atoms. The van der Waals surface area contributed by atoms with Gasteiger partial charge in [0.25, 0.3) is 0 Å². The molecule has 0 saturated carbocycles. The van der Waals surface area contributed by atoms with E-state index >= 15 is 0 Å². The number of aromatic nitrogens is 3. The first-order valence-corrected chi connectivity index (χ1v) is 6.70. The van der Waals surface area contributed by atoms with Gasteiger partial charge in [-0.2, -0.15) is 0 Å². The van der Waals surface area contributed by atoms with Gasteiger partial charge in [-0.1, -0.05) is 23.7 Å². The molecule has 0 atom stereocenters. The van der Waals surface area contributed by atoms with Crippen molar-refractivity contribution in [2.75, 3.05) is 0 Å². The van der Waals surface area contributed by atoms with Gasteiger partial charge < -0.3 is 4.57 Å². The van der Waals surface area contributed by atoms with Crippen LogP contribution in [-0.4, -0.2) is 14.5 Å². The van der Waals surface area contributed by atoms with E-state index < -0.39 is 0 Å². The fourth-order valence-electron chi connectivity index (χ4n) is 2.30. The predicted octanol–water partition coefficient (Wildman–Crippen LogP) is 3.70. The number of hydrogen-bond donors (Lipinski definition) is 0. The second-order valence-electron chi connectivity index (χ2n) is 4.43. The zero-order valence-corrected chi connectivity index (χ0v) is 11.4. The lowest BCUT2D eigenvalue weighted by atomic mass is 10.1. The lowest BCUT2D eigenvalue weighted by Crippen LogP contribution is -2.03. The van der Waals surface area contributed by atoms with E-state index in [1.165, 1.54) is 0 Å². The molecule has 0 saturated heterocycles. The van der Waals surface area contributed by atoms with Gasteiger partial charge in [0.05, 0.1) is 0 Å². The summed E-state index contributed by atoms with van der Waals surface area (Å²) in [7, 11) is 0. The maximum atomic E-state index is 6.02. The van der Waals surface area contributed by atoms with Crippen molar-refractivity contribution in [3.63, 3.8) is 0 Å². The Bertz CT molecular complexity index is 718. The molecule has 0 fully saturated rings. The highest BCUT2D eigenvalue weighted by Gasteiger charge is 2.10. The molecule has 96 valence electrons. The smallest absolute Gasteiger partial charge is 0.159 e. The van der Waals surface area contributed by atoms with Crippen LogP contribution in [0.5, 0.6) is 0 Å². The molecule has 0 aliphatic rings. The van der Waals surface area contributed by atoms with Crippen molar-refractivity contribution in [1.29, 1.82) is 0 Å². The summed E-state index contributed by atoms with van der Waals surface area (Å²) < 4.78 is 2.15. The summed E-state index contributed by atoms with van der Waals surface area (Å²) in [6, 6.07) is 11.8. The molecule has 0 spiro atoms. The zero-order chi connectivity index (χ0) is 13.2. The maximum absolute atomic E-state index is 6.02. The van der Waals surface area contributed by atoms with Crippen molar-refractivity contribution in [1.82, 2.24) is 14.5 Å². The van der Waals surface area contributed by atoms with E-state index in [4.69, 9.17) is 11.6 Å². The fraction of sp³-hybridized carbons (Fsp3) is 0.200. The number of hydrogen-bond acceptors (Lipinski definition) is 2. The summed E-state index contributed by atoms with van der Waals surface area (Å²) in [4.78, 5) is 9.07. The average Bonchev–Trinajstić information content (AvgIpc) is 2.75. The summed E-state index contributed by atoms with van der Waals surface area (Å²) in [6.07, 6.45) is 2.57. The van der Waals surface area contributed by atoms with E-state index in [2.05, 4.69) is 27.5 Å². The monoisotopic (exact) mass is 271 g/mol. The molecule has 3 aromatic rings. The first kappa shape index (κ1) is 12.2. The number of imidazole rings is 1. The summed E-state index contributed by atoms with van der Waals surface area (Å²) in [5.74, 6) is 1.03. The highest BCUT2D eigenvalue weighted by Crippen LogP contribution is 2.18. The van der Waals surface area contributed by atoms with Crippen LogP contribution in [-0.2, 0) is 13.0 Å². The normalized spacial score (nSPS) is 11.1. The minimum Gasteiger partial charge on any atom is -0.313 e. The van der Waals surface area contributed by atoms with Crippen LogP contribution in [0, 0.1) is 0 Å². The lowest BCUT2D eigenvalue weighted by Gasteiger charge is -2.05. The third-order valence-corrected chi connectivity index (χ3v) is 3.39. The van der Waals surface area contributed by atoms with Crippen molar-refractivity contribution in [2.45, 2.75) is 19.9 Å². The van der Waals surface area contributed by atoms with Crippen LogP contribution in [0.3, 0.4) is 0 Å². The molecule has 0 radical (unpaired) electrons. The number of aryl methyl sites for hydroxylation is 1. The summed E-state index contributed by atoms with van der Waals surface area (Å²) in [5.41, 5.74) is 3.06. The van der Waals surface area contributed by atoms with Gasteiger partial charge >= 0.3 is 0 Å². The molecule has 2 aromatic heterocycles. The molecule has 0 aliphatic heterocycles. The number of fused-ring (bicyclic) bond motifs is 1. The van der Waals surface area contributed by atoms with Gasteiger partial charge in [0.15, 0.2) is 5.65 Å². The van der Waals surface area contributed by atoms with Crippen molar-refractivity contribution in [3.05, 3.63) is 59.0 Å². The number of halogens is 1. The molecule has 0 N–H and O–H groups in total. The largest absolute Gasteiger partial charge is 0.313 e. The van der Waals surface area contributed by atoms with E-state index in [1.807, 2.05) is 30.3 Å². The van der Waals surface area contributed by atoms with Gasteiger partial charge in [0.1, 0.15) is 11.3 Å². The van der Waals surface area contributed by atoms with Crippen LogP contribution in [0.1, 0.15) is 18.3 Å². The average molecular weight is 272 g/mol. The Hall–Kier alpha value is -1.87. The topological polar surface area (TPSA) is 30.7 Å². The number of nitrogens with zero attached hydrogens (tertiary/aromatic N) is 3. The minimum atomic E-state index is 0.759. The maximum Gasteiger partial charge on any atom is 0.159 e. The highest BCUT2D eigenvalue weighted by atomic mass is 35.5. The fourth-order valence-corrected chi connectivity index (χ4v) is 2.51. The minimum absolute atomic E-state index is 0.759. The van der Waals surface area contributed by atoms with Gasteiger partial charge in [0.2, 0.25) is 0 Å². The van der Waals surface area contributed by atoms with Gasteiger partial charge in [-0.25, -0.2) is 9.97 Å². The Morgan fingerprint density at radius 1 is 1.21 bits per heavy atom. The molecular formula is C15H14ClN3. The third kappa shape index (κ3) is 2.34. The highest BCUT2D eigenvalue weighted by molar-refractivity contribution is 6.30. The number of benzene rings is 1. The van der Waals surface area contributed by atoms with Crippen LogP contribution < -0.4 is 0 Å². The summed E-state index contributed by atoms with van der Waals surface area (Å²) in [6.45, 7) is 2.97. The van der Waals surface area contributed by atoms with Gasteiger partial charge in [-0.05, 0) is 36.8 Å².